The van der Waals surface area contributed by atoms with Gasteiger partial charge in [0.2, 0.25) is 11.5 Å². The number of carbonyl (C=O) groups is 1. The van der Waals surface area contributed by atoms with Crippen molar-refractivity contribution in [2.24, 2.45) is 0 Å². The standard InChI is InChI=1S/C37H47NO10/c1-40-26-21-27(41-2)34-25(23-18-30(44-5)36(47-8)31(19-23)45-6)20-32(39)48-37(34)33(26)24(12-15-38-13-10-9-11-14-38)22-16-28(42-3)35(46-7)29(17-22)43-4/h16-19,21,24-25H,9-15,20H2,1-8H3/t24-,25-/m1/s1. The van der Waals surface area contributed by atoms with E-state index in [4.69, 9.17) is 42.6 Å². The first-order valence-electron chi connectivity index (χ1n) is 16.2. The summed E-state index contributed by atoms with van der Waals surface area (Å²) in [4.78, 5) is 16.1. The number of hydrogen-bond acceptors (Lipinski definition) is 11. The van der Waals surface area contributed by atoms with Crippen LogP contribution >= 0.6 is 0 Å². The summed E-state index contributed by atoms with van der Waals surface area (Å²) in [5.74, 6) is 3.37. The zero-order valence-corrected chi connectivity index (χ0v) is 29.2. The molecule has 2 atom stereocenters. The van der Waals surface area contributed by atoms with Crippen LogP contribution in [0.15, 0.2) is 30.3 Å². The van der Waals surface area contributed by atoms with E-state index in [1.165, 1.54) is 19.3 Å². The Morgan fingerprint density at radius 3 is 1.69 bits per heavy atom. The summed E-state index contributed by atoms with van der Waals surface area (Å²) in [6, 6.07) is 9.53. The van der Waals surface area contributed by atoms with Crippen LogP contribution < -0.4 is 42.6 Å². The van der Waals surface area contributed by atoms with Crippen LogP contribution in [0.4, 0.5) is 0 Å². The Labute approximate surface area is 282 Å². The molecule has 1 saturated heterocycles. The number of likely N-dealkylation sites (tertiary alicyclic amines) is 1. The van der Waals surface area contributed by atoms with Crippen molar-refractivity contribution in [2.45, 2.75) is 43.9 Å². The highest BCUT2D eigenvalue weighted by atomic mass is 16.5. The Morgan fingerprint density at radius 2 is 1.19 bits per heavy atom. The number of piperidine rings is 1. The second kappa shape index (κ2) is 15.6. The fourth-order valence-electron chi connectivity index (χ4n) is 7.04. The molecule has 1 fully saturated rings. The molecule has 2 aliphatic heterocycles. The summed E-state index contributed by atoms with van der Waals surface area (Å²) < 4.78 is 52.4. The molecule has 3 aromatic rings. The molecule has 0 saturated carbocycles. The number of rotatable bonds is 14. The van der Waals surface area contributed by atoms with E-state index >= 15 is 0 Å². The maximum Gasteiger partial charge on any atom is 0.312 e. The van der Waals surface area contributed by atoms with Gasteiger partial charge in [0, 0.05) is 29.0 Å². The molecule has 260 valence electrons. The van der Waals surface area contributed by atoms with Gasteiger partial charge in [0.25, 0.3) is 0 Å². The molecular weight excluding hydrogens is 618 g/mol. The molecule has 5 rings (SSSR count). The number of hydrogen-bond donors (Lipinski definition) is 0. The highest BCUT2D eigenvalue weighted by Gasteiger charge is 2.39. The van der Waals surface area contributed by atoms with Gasteiger partial charge in [-0.15, -0.1) is 0 Å². The smallest absolute Gasteiger partial charge is 0.312 e. The van der Waals surface area contributed by atoms with E-state index in [1.54, 1.807) is 56.9 Å². The van der Waals surface area contributed by atoms with Gasteiger partial charge in [-0.1, -0.05) is 6.42 Å². The van der Waals surface area contributed by atoms with Crippen LogP contribution in [0.2, 0.25) is 0 Å². The molecule has 11 heteroatoms. The van der Waals surface area contributed by atoms with Crippen molar-refractivity contribution in [1.29, 1.82) is 0 Å². The second-order valence-electron chi connectivity index (χ2n) is 11.8. The van der Waals surface area contributed by atoms with Gasteiger partial charge >= 0.3 is 5.97 Å². The van der Waals surface area contributed by atoms with E-state index in [-0.39, 0.29) is 18.3 Å². The fourth-order valence-corrected chi connectivity index (χ4v) is 7.04. The predicted octanol–water partition coefficient (Wildman–Crippen LogP) is 6.20. The van der Waals surface area contributed by atoms with Crippen molar-refractivity contribution >= 4 is 5.97 Å². The van der Waals surface area contributed by atoms with Crippen LogP contribution in [0, 0.1) is 0 Å². The van der Waals surface area contributed by atoms with Crippen molar-refractivity contribution in [3.05, 3.63) is 52.6 Å². The highest BCUT2D eigenvalue weighted by molar-refractivity contribution is 5.81. The summed E-state index contributed by atoms with van der Waals surface area (Å²) in [5.41, 5.74) is 3.16. The van der Waals surface area contributed by atoms with E-state index in [0.717, 1.165) is 41.9 Å². The molecule has 0 aromatic heterocycles. The molecule has 0 spiro atoms. The Bertz CT molecular complexity index is 1550. The molecule has 0 aliphatic carbocycles. The first-order valence-corrected chi connectivity index (χ1v) is 16.2. The third kappa shape index (κ3) is 6.74. The van der Waals surface area contributed by atoms with E-state index in [2.05, 4.69) is 4.90 Å². The first-order chi connectivity index (χ1) is 23.3. The van der Waals surface area contributed by atoms with Crippen LogP contribution in [0.25, 0.3) is 0 Å². The Morgan fingerprint density at radius 1 is 0.667 bits per heavy atom. The minimum absolute atomic E-state index is 0.0798. The average Bonchev–Trinajstić information content (AvgIpc) is 3.13. The average molecular weight is 666 g/mol. The van der Waals surface area contributed by atoms with E-state index in [1.807, 2.05) is 30.3 Å². The number of benzene rings is 3. The monoisotopic (exact) mass is 665 g/mol. The van der Waals surface area contributed by atoms with Gasteiger partial charge in [0.1, 0.15) is 17.2 Å². The minimum atomic E-state index is -0.447. The molecule has 11 nitrogen and oxygen atoms in total. The van der Waals surface area contributed by atoms with Gasteiger partial charge in [-0.05, 0) is 74.3 Å². The zero-order chi connectivity index (χ0) is 34.4. The quantitative estimate of drug-likeness (QED) is 0.145. The number of carbonyl (C=O) groups excluding carboxylic acids is 1. The molecular formula is C37H47NO10. The Hall–Kier alpha value is -4.51. The van der Waals surface area contributed by atoms with Crippen molar-refractivity contribution in [1.82, 2.24) is 4.90 Å². The topological polar surface area (TPSA) is 103 Å². The summed E-state index contributed by atoms with van der Waals surface area (Å²) in [5, 5.41) is 0. The van der Waals surface area contributed by atoms with Crippen molar-refractivity contribution in [3.8, 4) is 51.7 Å². The predicted molar refractivity (Wildman–Crippen MR) is 181 cm³/mol. The van der Waals surface area contributed by atoms with Crippen LogP contribution in [0.5, 0.6) is 51.7 Å². The Balaban J connectivity index is 1.76. The lowest BCUT2D eigenvalue weighted by Crippen LogP contribution is -2.31. The van der Waals surface area contributed by atoms with E-state index < -0.39 is 5.92 Å². The molecule has 2 aliphatic rings. The van der Waals surface area contributed by atoms with Crippen LogP contribution in [0.1, 0.15) is 66.2 Å². The molecule has 0 N–H and O–H groups in total. The SMILES string of the molecule is COc1cc([C@@H](CCN2CCCCC2)c2c(OC)cc(OC)c3c2OC(=O)C[C@@H]3c2cc(OC)c(OC)c(OC)c2)cc(OC)c1OC. The van der Waals surface area contributed by atoms with E-state index in [9.17, 15) is 4.79 Å². The summed E-state index contributed by atoms with van der Waals surface area (Å²) >= 11 is 0. The molecule has 0 unspecified atom stereocenters. The number of methoxy groups -OCH3 is 8. The molecule has 0 amide bonds. The first kappa shape index (κ1) is 34.8. The molecule has 0 radical (unpaired) electrons. The number of esters is 1. The van der Waals surface area contributed by atoms with Gasteiger partial charge in [-0.25, -0.2) is 0 Å². The maximum atomic E-state index is 13.6. The van der Waals surface area contributed by atoms with Crippen molar-refractivity contribution < 1.29 is 47.4 Å². The zero-order valence-electron chi connectivity index (χ0n) is 29.2. The van der Waals surface area contributed by atoms with Gasteiger partial charge < -0.3 is 47.5 Å². The molecule has 48 heavy (non-hydrogen) atoms. The highest BCUT2D eigenvalue weighted by Crippen LogP contribution is 2.55. The molecule has 3 aromatic carbocycles. The molecule has 2 heterocycles. The fraction of sp³-hybridized carbons (Fsp3) is 0.486. The van der Waals surface area contributed by atoms with Gasteiger partial charge in [-0.3, -0.25) is 4.79 Å². The number of ether oxygens (including phenoxy) is 9. The normalized spacial score (nSPS) is 16.7. The van der Waals surface area contributed by atoms with Crippen LogP contribution in [-0.2, 0) is 4.79 Å². The van der Waals surface area contributed by atoms with Gasteiger partial charge in [0.05, 0.1) is 63.3 Å². The summed E-state index contributed by atoms with van der Waals surface area (Å²) in [6.45, 7) is 2.91. The number of nitrogens with zero attached hydrogens (tertiary/aromatic N) is 1. The number of fused-ring (bicyclic) bond motifs is 1. The molecule has 0 bridgehead atoms. The maximum absolute atomic E-state index is 13.6. The lowest BCUT2D eigenvalue weighted by molar-refractivity contribution is -0.135. The minimum Gasteiger partial charge on any atom is -0.496 e. The van der Waals surface area contributed by atoms with Crippen LogP contribution in [-0.4, -0.2) is 87.4 Å². The van der Waals surface area contributed by atoms with Crippen molar-refractivity contribution in [3.63, 3.8) is 0 Å². The second-order valence-corrected chi connectivity index (χ2v) is 11.8. The van der Waals surface area contributed by atoms with E-state index in [0.29, 0.717) is 58.2 Å². The summed E-state index contributed by atoms with van der Waals surface area (Å²) in [7, 11) is 12.7. The summed E-state index contributed by atoms with van der Waals surface area (Å²) in [6.07, 6.45) is 4.37. The third-order valence-electron chi connectivity index (χ3n) is 9.37. The van der Waals surface area contributed by atoms with Crippen molar-refractivity contribution in [2.75, 3.05) is 76.5 Å². The Kier molecular flexibility index (Phi) is 11.3. The van der Waals surface area contributed by atoms with Gasteiger partial charge in [0.15, 0.2) is 23.0 Å². The lowest BCUT2D eigenvalue weighted by Gasteiger charge is -2.33. The van der Waals surface area contributed by atoms with Crippen LogP contribution in [0.3, 0.4) is 0 Å². The van der Waals surface area contributed by atoms with Gasteiger partial charge in [-0.2, -0.15) is 0 Å². The third-order valence-corrected chi connectivity index (χ3v) is 9.37. The lowest BCUT2D eigenvalue weighted by atomic mass is 9.79. The largest absolute Gasteiger partial charge is 0.496 e.